The van der Waals surface area contributed by atoms with Crippen molar-refractivity contribution >= 4 is 17.7 Å². The highest BCUT2D eigenvalue weighted by Gasteiger charge is 2.47. The molecule has 4 heterocycles. The lowest BCUT2D eigenvalue weighted by Crippen LogP contribution is -2.53. The van der Waals surface area contributed by atoms with Crippen LogP contribution in [0.2, 0.25) is 0 Å². The second-order valence-corrected chi connectivity index (χ2v) is 7.27. The molecule has 3 atom stereocenters. The minimum absolute atomic E-state index is 0.0522. The molecule has 2 bridgehead atoms. The average Bonchev–Trinajstić information content (AvgIpc) is 3.28. The van der Waals surface area contributed by atoms with Gasteiger partial charge in [-0.05, 0) is 12.8 Å². The maximum absolute atomic E-state index is 13.6. The summed E-state index contributed by atoms with van der Waals surface area (Å²) >= 11 is 0. The van der Waals surface area contributed by atoms with E-state index in [9.17, 15) is 22.8 Å². The first kappa shape index (κ1) is 19.0. The lowest BCUT2D eigenvalue weighted by atomic mass is 10.1. The fraction of sp³-hybridized carbons (Fsp3) is 0.706. The summed E-state index contributed by atoms with van der Waals surface area (Å²) in [6.45, 7) is 0.769. The number of nitrogens with zero attached hydrogens (tertiary/aromatic N) is 4. The zero-order valence-corrected chi connectivity index (χ0v) is 15.3. The van der Waals surface area contributed by atoms with E-state index in [0.717, 1.165) is 11.3 Å². The molecule has 0 amide bonds. The van der Waals surface area contributed by atoms with Gasteiger partial charge in [0.1, 0.15) is 11.9 Å². The zero-order valence-electron chi connectivity index (χ0n) is 15.3. The van der Waals surface area contributed by atoms with E-state index in [0.29, 0.717) is 19.0 Å². The molecule has 0 saturated carbocycles. The minimum Gasteiger partial charge on any atom is -0.469 e. The minimum atomic E-state index is -4.50. The van der Waals surface area contributed by atoms with Crippen molar-refractivity contribution in [2.24, 2.45) is 0 Å². The maximum atomic E-state index is 13.6. The van der Waals surface area contributed by atoms with Gasteiger partial charge in [0.25, 0.3) is 5.56 Å². The molecule has 154 valence electrons. The van der Waals surface area contributed by atoms with Crippen LogP contribution in [0.5, 0.6) is 0 Å². The van der Waals surface area contributed by atoms with Crippen LogP contribution in [-0.2, 0) is 20.8 Å². The SMILES string of the molecule is COC(=O)CCN1c2nc(N3C[C@@H]4CC3CO4)cc(=O)n2CC[C@H]1C(F)(F)F. The highest BCUT2D eigenvalue weighted by molar-refractivity contribution is 5.70. The molecular weight excluding hydrogens is 381 g/mol. The van der Waals surface area contributed by atoms with Crippen molar-refractivity contribution in [2.75, 3.05) is 36.6 Å². The van der Waals surface area contributed by atoms with E-state index in [-0.39, 0.29) is 44.0 Å². The van der Waals surface area contributed by atoms with Gasteiger partial charge in [0.2, 0.25) is 5.95 Å². The van der Waals surface area contributed by atoms with Crippen molar-refractivity contribution in [1.29, 1.82) is 0 Å². The molecule has 3 aliphatic rings. The summed E-state index contributed by atoms with van der Waals surface area (Å²) in [5, 5.41) is 0. The van der Waals surface area contributed by atoms with Crippen LogP contribution in [0.1, 0.15) is 19.3 Å². The van der Waals surface area contributed by atoms with Crippen LogP contribution in [0.25, 0.3) is 0 Å². The van der Waals surface area contributed by atoms with Crippen molar-refractivity contribution in [1.82, 2.24) is 9.55 Å². The number of hydrogen-bond donors (Lipinski definition) is 0. The summed E-state index contributed by atoms with van der Waals surface area (Å²) in [7, 11) is 1.18. The van der Waals surface area contributed by atoms with Gasteiger partial charge in [-0.3, -0.25) is 14.2 Å². The fourth-order valence-corrected chi connectivity index (χ4v) is 4.20. The zero-order chi connectivity index (χ0) is 20.1. The monoisotopic (exact) mass is 402 g/mol. The molecule has 4 rings (SSSR count). The normalized spacial score (nSPS) is 26.5. The van der Waals surface area contributed by atoms with Gasteiger partial charge in [-0.15, -0.1) is 0 Å². The molecule has 1 aromatic rings. The average molecular weight is 402 g/mol. The van der Waals surface area contributed by atoms with Crippen LogP contribution in [-0.4, -0.2) is 66.7 Å². The number of alkyl halides is 3. The van der Waals surface area contributed by atoms with Gasteiger partial charge in [-0.1, -0.05) is 0 Å². The standard InChI is InChI=1S/C17H21F3N4O4/c1-27-15(26)3-5-22-12(17(18,19)20)2-4-23-14(25)7-13(21-16(22)23)24-8-11-6-10(24)9-28-11/h7,10-12H,2-6,8-9H2,1H3/t10?,11-,12-/m0/s1. The summed E-state index contributed by atoms with van der Waals surface area (Å²) in [5.41, 5.74) is -0.396. The smallest absolute Gasteiger partial charge is 0.408 e. The van der Waals surface area contributed by atoms with E-state index in [1.807, 2.05) is 4.90 Å². The third-order valence-corrected chi connectivity index (χ3v) is 5.59. The van der Waals surface area contributed by atoms with E-state index in [2.05, 4.69) is 9.72 Å². The first-order chi connectivity index (χ1) is 13.3. The number of carbonyl (C=O) groups is 1. The van der Waals surface area contributed by atoms with Crippen molar-refractivity contribution in [3.8, 4) is 0 Å². The van der Waals surface area contributed by atoms with Gasteiger partial charge < -0.3 is 19.3 Å². The molecule has 28 heavy (non-hydrogen) atoms. The number of esters is 1. The summed E-state index contributed by atoms with van der Waals surface area (Å²) in [6.07, 6.45) is -4.14. The molecule has 2 fully saturated rings. The molecular formula is C17H21F3N4O4. The number of halogens is 3. The third-order valence-electron chi connectivity index (χ3n) is 5.59. The number of hydrogen-bond acceptors (Lipinski definition) is 7. The number of morpholine rings is 1. The predicted octanol–water partition coefficient (Wildman–Crippen LogP) is 0.925. The maximum Gasteiger partial charge on any atom is 0.408 e. The molecule has 3 aliphatic heterocycles. The van der Waals surface area contributed by atoms with E-state index >= 15 is 0 Å². The molecule has 2 saturated heterocycles. The topological polar surface area (TPSA) is 76.9 Å². The van der Waals surface area contributed by atoms with E-state index in [1.165, 1.54) is 17.7 Å². The molecule has 0 N–H and O–H groups in total. The Morgan fingerprint density at radius 3 is 2.82 bits per heavy atom. The second-order valence-electron chi connectivity index (χ2n) is 7.27. The van der Waals surface area contributed by atoms with Gasteiger partial charge >= 0.3 is 12.1 Å². The lowest BCUT2D eigenvalue weighted by Gasteiger charge is -2.39. The van der Waals surface area contributed by atoms with E-state index in [4.69, 9.17) is 4.74 Å². The highest BCUT2D eigenvalue weighted by atomic mass is 19.4. The van der Waals surface area contributed by atoms with Gasteiger partial charge in [0, 0.05) is 25.7 Å². The van der Waals surface area contributed by atoms with Gasteiger partial charge in [-0.2, -0.15) is 18.2 Å². The summed E-state index contributed by atoms with van der Waals surface area (Å²) in [5.74, 6) is -0.313. The van der Waals surface area contributed by atoms with Crippen LogP contribution in [0, 0.1) is 0 Å². The molecule has 8 nitrogen and oxygen atoms in total. The highest BCUT2D eigenvalue weighted by Crippen LogP contribution is 2.36. The quantitative estimate of drug-likeness (QED) is 0.694. The number of ether oxygens (including phenoxy) is 2. The van der Waals surface area contributed by atoms with Crippen LogP contribution in [0.3, 0.4) is 0 Å². The third kappa shape index (κ3) is 3.31. The van der Waals surface area contributed by atoms with Crippen molar-refractivity contribution in [2.45, 2.75) is 50.2 Å². The van der Waals surface area contributed by atoms with Crippen molar-refractivity contribution in [3.05, 3.63) is 16.4 Å². The first-order valence-corrected chi connectivity index (χ1v) is 9.18. The molecule has 0 aromatic carbocycles. The van der Waals surface area contributed by atoms with Crippen LogP contribution < -0.4 is 15.4 Å². The Labute approximate surface area is 158 Å². The van der Waals surface area contributed by atoms with Crippen LogP contribution >= 0.6 is 0 Å². The van der Waals surface area contributed by atoms with Gasteiger partial charge in [-0.25, -0.2) is 0 Å². The van der Waals surface area contributed by atoms with Crippen molar-refractivity contribution < 1.29 is 27.4 Å². The second kappa shape index (κ2) is 6.94. The number of carbonyl (C=O) groups excluding carboxylic acids is 1. The number of aromatic nitrogens is 2. The Kier molecular flexibility index (Phi) is 4.72. The molecule has 0 aliphatic carbocycles. The van der Waals surface area contributed by atoms with Crippen molar-refractivity contribution in [3.63, 3.8) is 0 Å². The molecule has 0 spiro atoms. The predicted molar refractivity (Wildman–Crippen MR) is 92.4 cm³/mol. The summed E-state index contributed by atoms with van der Waals surface area (Å²) < 4.78 is 52.2. The molecule has 1 unspecified atom stereocenters. The molecule has 1 aromatic heterocycles. The van der Waals surface area contributed by atoms with Gasteiger partial charge in [0.05, 0.1) is 32.3 Å². The number of methoxy groups -OCH3 is 1. The van der Waals surface area contributed by atoms with Crippen LogP contribution in [0.4, 0.5) is 24.9 Å². The summed E-state index contributed by atoms with van der Waals surface area (Å²) in [6, 6.07) is -0.362. The van der Waals surface area contributed by atoms with Crippen LogP contribution in [0.15, 0.2) is 10.9 Å². The molecule has 0 radical (unpaired) electrons. The fourth-order valence-electron chi connectivity index (χ4n) is 4.20. The summed E-state index contributed by atoms with van der Waals surface area (Å²) in [4.78, 5) is 31.5. The molecule has 11 heteroatoms. The largest absolute Gasteiger partial charge is 0.469 e. The Hall–Kier alpha value is -2.30. The number of rotatable bonds is 4. The number of fused-ring (bicyclic) bond motifs is 3. The van der Waals surface area contributed by atoms with E-state index in [1.54, 1.807) is 0 Å². The van der Waals surface area contributed by atoms with Gasteiger partial charge in [0.15, 0.2) is 0 Å². The van der Waals surface area contributed by atoms with E-state index < -0.39 is 23.7 Å². The Bertz CT molecular complexity index is 828. The Morgan fingerprint density at radius 2 is 2.21 bits per heavy atom. The lowest BCUT2D eigenvalue weighted by molar-refractivity contribution is -0.154. The first-order valence-electron chi connectivity index (χ1n) is 9.18. The Balaban J connectivity index is 1.71. The number of anilines is 2. The Morgan fingerprint density at radius 1 is 1.43 bits per heavy atom.